The van der Waals surface area contributed by atoms with Gasteiger partial charge >= 0.3 is 0 Å². The molecular weight excluding hydrogens is 252 g/mol. The van der Waals surface area contributed by atoms with Gasteiger partial charge in [0.05, 0.1) is 0 Å². The van der Waals surface area contributed by atoms with Crippen LogP contribution in [-0.2, 0) is 4.79 Å². The predicted molar refractivity (Wildman–Crippen MR) is 78.9 cm³/mol. The quantitative estimate of drug-likeness (QED) is 0.909. The van der Waals surface area contributed by atoms with Gasteiger partial charge in [0.1, 0.15) is 5.78 Å². The number of benzene rings is 1. The second kappa shape index (κ2) is 6.66. The molecule has 0 saturated carbocycles. The Balaban J connectivity index is 1.82. The lowest BCUT2D eigenvalue weighted by atomic mass is 10.0. The van der Waals surface area contributed by atoms with E-state index < -0.39 is 0 Å². The highest BCUT2D eigenvalue weighted by atomic mass is 16.1. The van der Waals surface area contributed by atoms with Crippen LogP contribution in [-0.4, -0.2) is 42.8 Å². The topological polar surface area (TPSA) is 49.4 Å². The van der Waals surface area contributed by atoms with E-state index in [4.69, 9.17) is 0 Å². The highest BCUT2D eigenvalue weighted by molar-refractivity contribution is 5.97. The number of nitrogens with zero attached hydrogens (tertiary/aromatic N) is 1. The van der Waals surface area contributed by atoms with Crippen LogP contribution >= 0.6 is 0 Å². The van der Waals surface area contributed by atoms with Gasteiger partial charge in [-0.15, -0.1) is 0 Å². The monoisotopic (exact) mass is 274 g/mol. The average molecular weight is 274 g/mol. The molecule has 1 saturated heterocycles. The molecule has 1 aromatic rings. The molecule has 1 amide bonds. The lowest BCUT2D eigenvalue weighted by Gasteiger charge is -2.25. The number of ketones is 1. The maximum absolute atomic E-state index is 12.2. The summed E-state index contributed by atoms with van der Waals surface area (Å²) in [5.41, 5.74) is 2.79. The highest BCUT2D eigenvalue weighted by Gasteiger charge is 2.16. The second-order valence-corrected chi connectivity index (χ2v) is 5.40. The van der Waals surface area contributed by atoms with Gasteiger partial charge < -0.3 is 10.2 Å². The minimum absolute atomic E-state index is 0.00585. The van der Waals surface area contributed by atoms with Gasteiger partial charge in [-0.2, -0.15) is 0 Å². The molecule has 1 aliphatic rings. The van der Waals surface area contributed by atoms with Crippen molar-refractivity contribution in [2.75, 3.05) is 26.2 Å². The van der Waals surface area contributed by atoms with Crippen LogP contribution < -0.4 is 5.32 Å². The van der Waals surface area contributed by atoms with Crippen molar-refractivity contribution < 1.29 is 9.59 Å². The number of aryl methyl sites for hydroxylation is 2. The zero-order valence-electron chi connectivity index (χ0n) is 12.2. The third kappa shape index (κ3) is 3.67. The first-order chi connectivity index (χ1) is 9.58. The Bertz CT molecular complexity index is 481. The van der Waals surface area contributed by atoms with Crippen molar-refractivity contribution in [2.24, 2.45) is 0 Å². The van der Waals surface area contributed by atoms with Crippen molar-refractivity contribution in [1.82, 2.24) is 10.2 Å². The minimum Gasteiger partial charge on any atom is -0.351 e. The molecule has 1 fully saturated rings. The number of rotatable bonds is 4. The summed E-state index contributed by atoms with van der Waals surface area (Å²) in [4.78, 5) is 25.6. The zero-order valence-corrected chi connectivity index (χ0v) is 12.2. The van der Waals surface area contributed by atoms with E-state index in [0.29, 0.717) is 25.2 Å². The normalized spacial score (nSPS) is 16.2. The van der Waals surface area contributed by atoms with Crippen molar-refractivity contribution in [2.45, 2.75) is 26.7 Å². The van der Waals surface area contributed by atoms with Gasteiger partial charge in [-0.1, -0.05) is 18.2 Å². The van der Waals surface area contributed by atoms with E-state index in [1.165, 1.54) is 0 Å². The fourth-order valence-corrected chi connectivity index (χ4v) is 2.61. The van der Waals surface area contributed by atoms with Crippen molar-refractivity contribution in [3.8, 4) is 0 Å². The van der Waals surface area contributed by atoms with Gasteiger partial charge in [0.15, 0.2) is 0 Å². The number of hydrogen-bond acceptors (Lipinski definition) is 3. The van der Waals surface area contributed by atoms with E-state index in [1.54, 1.807) is 0 Å². The molecule has 2 rings (SSSR count). The number of carbonyl (C=O) groups excluding carboxylic acids is 2. The average Bonchev–Trinajstić information content (AvgIpc) is 2.41. The number of carbonyl (C=O) groups is 2. The van der Waals surface area contributed by atoms with Crippen molar-refractivity contribution in [3.63, 3.8) is 0 Å². The van der Waals surface area contributed by atoms with E-state index in [-0.39, 0.29) is 5.91 Å². The van der Waals surface area contributed by atoms with Gasteiger partial charge in [-0.25, -0.2) is 0 Å². The number of nitrogens with one attached hydrogen (secondary N) is 1. The molecule has 0 spiro atoms. The van der Waals surface area contributed by atoms with Gasteiger partial charge in [-0.3, -0.25) is 9.59 Å². The number of hydrogen-bond donors (Lipinski definition) is 1. The summed E-state index contributed by atoms with van der Waals surface area (Å²) in [5.74, 6) is 0.342. The van der Waals surface area contributed by atoms with Gasteiger partial charge in [0.25, 0.3) is 5.91 Å². The Morgan fingerprint density at radius 2 is 1.80 bits per heavy atom. The fourth-order valence-electron chi connectivity index (χ4n) is 2.61. The molecule has 1 aliphatic heterocycles. The first-order valence-electron chi connectivity index (χ1n) is 7.16. The molecule has 0 unspecified atom stereocenters. The largest absolute Gasteiger partial charge is 0.351 e. The summed E-state index contributed by atoms with van der Waals surface area (Å²) in [6, 6.07) is 5.88. The number of piperidine rings is 1. The van der Waals surface area contributed by atoms with Crippen LogP contribution in [0.3, 0.4) is 0 Å². The predicted octanol–water partition coefficient (Wildman–Crippen LogP) is 1.70. The Kier molecular flexibility index (Phi) is 4.90. The first kappa shape index (κ1) is 14.7. The van der Waals surface area contributed by atoms with Crippen LogP contribution in [0.2, 0.25) is 0 Å². The molecule has 4 heteroatoms. The zero-order chi connectivity index (χ0) is 14.5. The molecule has 1 heterocycles. The molecule has 20 heavy (non-hydrogen) atoms. The van der Waals surface area contributed by atoms with Crippen LogP contribution in [0.25, 0.3) is 0 Å². The van der Waals surface area contributed by atoms with Crippen LogP contribution in [0.1, 0.15) is 34.3 Å². The van der Waals surface area contributed by atoms with E-state index in [1.807, 2.05) is 32.0 Å². The maximum atomic E-state index is 12.2. The van der Waals surface area contributed by atoms with Crippen LogP contribution in [0.5, 0.6) is 0 Å². The van der Waals surface area contributed by atoms with Crippen molar-refractivity contribution >= 4 is 11.7 Å². The van der Waals surface area contributed by atoms with Crippen LogP contribution in [0, 0.1) is 13.8 Å². The number of amides is 1. The van der Waals surface area contributed by atoms with Gasteiger partial charge in [-0.05, 0) is 25.0 Å². The molecule has 0 atom stereocenters. The van der Waals surface area contributed by atoms with E-state index >= 15 is 0 Å². The standard InChI is InChI=1S/C16H22N2O2/c1-12-4-3-5-13(2)15(12)16(20)17-8-11-18-9-6-14(19)7-10-18/h3-5H,6-11H2,1-2H3,(H,17,20). The molecule has 0 aromatic heterocycles. The van der Waals surface area contributed by atoms with Crippen LogP contribution in [0.4, 0.5) is 0 Å². The second-order valence-electron chi connectivity index (χ2n) is 5.40. The van der Waals surface area contributed by atoms with Crippen LogP contribution in [0.15, 0.2) is 18.2 Å². The number of Topliss-reactive ketones (excluding diaryl/α,β-unsaturated/α-hetero) is 1. The summed E-state index contributed by atoms with van der Waals surface area (Å²) in [7, 11) is 0. The SMILES string of the molecule is Cc1cccc(C)c1C(=O)NCCN1CCC(=O)CC1. The Morgan fingerprint density at radius 1 is 1.20 bits per heavy atom. The molecule has 1 aromatic carbocycles. The maximum Gasteiger partial charge on any atom is 0.251 e. The molecule has 108 valence electrons. The van der Waals surface area contributed by atoms with Gasteiger partial charge in [0.2, 0.25) is 0 Å². The molecule has 0 radical (unpaired) electrons. The third-order valence-electron chi connectivity index (χ3n) is 3.84. The smallest absolute Gasteiger partial charge is 0.251 e. The summed E-state index contributed by atoms with van der Waals surface area (Å²) in [6.45, 7) is 6.98. The van der Waals surface area contributed by atoms with Crippen molar-refractivity contribution in [1.29, 1.82) is 0 Å². The summed E-state index contributed by atoms with van der Waals surface area (Å²) < 4.78 is 0. The lowest BCUT2D eigenvalue weighted by molar-refractivity contribution is -0.121. The Morgan fingerprint density at radius 3 is 2.40 bits per heavy atom. The summed E-state index contributed by atoms with van der Waals surface area (Å²) in [5, 5.41) is 2.97. The molecule has 0 aliphatic carbocycles. The molecule has 1 N–H and O–H groups in total. The third-order valence-corrected chi connectivity index (χ3v) is 3.84. The Hall–Kier alpha value is -1.68. The van der Waals surface area contributed by atoms with Crippen molar-refractivity contribution in [3.05, 3.63) is 34.9 Å². The molecule has 4 nitrogen and oxygen atoms in total. The summed E-state index contributed by atoms with van der Waals surface area (Å²) in [6.07, 6.45) is 1.29. The van der Waals surface area contributed by atoms with Gasteiger partial charge in [0, 0.05) is 44.6 Å². The first-order valence-corrected chi connectivity index (χ1v) is 7.16. The molecule has 0 bridgehead atoms. The van der Waals surface area contributed by atoms with E-state index in [2.05, 4.69) is 10.2 Å². The lowest BCUT2D eigenvalue weighted by Crippen LogP contribution is -2.39. The van der Waals surface area contributed by atoms with E-state index in [9.17, 15) is 9.59 Å². The Labute approximate surface area is 120 Å². The highest BCUT2D eigenvalue weighted by Crippen LogP contribution is 2.12. The minimum atomic E-state index is -0.00585. The summed E-state index contributed by atoms with van der Waals surface area (Å²) >= 11 is 0. The number of likely N-dealkylation sites (tertiary alicyclic amines) is 1. The fraction of sp³-hybridized carbons (Fsp3) is 0.500. The molecular formula is C16H22N2O2. The van der Waals surface area contributed by atoms with E-state index in [0.717, 1.165) is 36.3 Å².